The number of hydrogen-bond acceptors (Lipinski definition) is 3. The fourth-order valence-electron chi connectivity index (χ4n) is 4.01. The molecule has 0 aromatic heterocycles. The molecule has 1 fully saturated rings. The number of nitrogens with zero attached hydrogens (tertiary/aromatic N) is 2. The molecule has 6 nitrogen and oxygen atoms in total. The Morgan fingerprint density at radius 2 is 1.69 bits per heavy atom. The highest BCUT2D eigenvalue weighted by Crippen LogP contribution is 2.19. The third kappa shape index (κ3) is 8.78. The van der Waals surface area contributed by atoms with Crippen molar-refractivity contribution in [1.82, 2.24) is 20.9 Å². The summed E-state index contributed by atoms with van der Waals surface area (Å²) in [7, 11) is 1.75. The second-order valence-corrected chi connectivity index (χ2v) is 8.18. The van der Waals surface area contributed by atoms with Crippen LogP contribution in [-0.4, -0.2) is 55.5 Å². The fourth-order valence-corrected chi connectivity index (χ4v) is 4.01. The Bertz CT molecular complexity index is 831. The molecule has 32 heavy (non-hydrogen) atoms. The van der Waals surface area contributed by atoms with Gasteiger partial charge in [0.05, 0.1) is 6.54 Å². The number of benzene rings is 2. The van der Waals surface area contributed by atoms with E-state index in [9.17, 15) is 4.79 Å². The molecule has 0 aliphatic carbocycles. The van der Waals surface area contributed by atoms with Crippen molar-refractivity contribution in [3.05, 3.63) is 71.8 Å². The number of halogens is 1. The van der Waals surface area contributed by atoms with Crippen LogP contribution in [0, 0.1) is 0 Å². The van der Waals surface area contributed by atoms with E-state index in [2.05, 4.69) is 75.2 Å². The van der Waals surface area contributed by atoms with Crippen molar-refractivity contribution in [2.75, 3.05) is 26.7 Å². The van der Waals surface area contributed by atoms with E-state index in [1.165, 1.54) is 11.1 Å². The average molecular weight is 550 g/mol. The average Bonchev–Trinajstić information content (AvgIpc) is 2.80. The number of carbonyl (C=O) groups excluding carboxylic acids is 1. The Hall–Kier alpha value is -2.13. The molecular formula is C25H36IN5O. The molecule has 0 bridgehead atoms. The lowest BCUT2D eigenvalue weighted by Crippen LogP contribution is -2.52. The molecule has 7 heteroatoms. The van der Waals surface area contributed by atoms with E-state index >= 15 is 0 Å². The Labute approximate surface area is 209 Å². The monoisotopic (exact) mass is 549 g/mol. The van der Waals surface area contributed by atoms with E-state index in [1.54, 1.807) is 7.05 Å². The van der Waals surface area contributed by atoms with Crippen LogP contribution >= 0.6 is 24.0 Å². The van der Waals surface area contributed by atoms with Crippen LogP contribution in [0.4, 0.5) is 0 Å². The van der Waals surface area contributed by atoms with Crippen molar-refractivity contribution in [1.29, 1.82) is 0 Å². The van der Waals surface area contributed by atoms with Crippen LogP contribution in [0.25, 0.3) is 0 Å². The van der Waals surface area contributed by atoms with Crippen LogP contribution in [0.3, 0.4) is 0 Å². The van der Waals surface area contributed by atoms with Gasteiger partial charge in [0.1, 0.15) is 0 Å². The molecule has 1 amide bonds. The van der Waals surface area contributed by atoms with Gasteiger partial charge in [-0.2, -0.15) is 0 Å². The van der Waals surface area contributed by atoms with E-state index in [0.29, 0.717) is 24.6 Å². The number of carbonyl (C=O) groups is 1. The fraction of sp³-hybridized carbons (Fsp3) is 0.440. The zero-order valence-electron chi connectivity index (χ0n) is 19.1. The highest BCUT2D eigenvalue weighted by molar-refractivity contribution is 14.0. The summed E-state index contributed by atoms with van der Waals surface area (Å²) in [5.41, 5.74) is 2.58. The van der Waals surface area contributed by atoms with Gasteiger partial charge < -0.3 is 16.0 Å². The lowest BCUT2D eigenvalue weighted by atomic mass is 9.97. The van der Waals surface area contributed by atoms with Gasteiger partial charge in [0.15, 0.2) is 5.96 Å². The summed E-state index contributed by atoms with van der Waals surface area (Å²) < 4.78 is 0. The molecule has 2 atom stereocenters. The summed E-state index contributed by atoms with van der Waals surface area (Å²) in [6.45, 7) is 5.17. The molecule has 174 valence electrons. The Balaban J connectivity index is 0.00000363. The van der Waals surface area contributed by atoms with Crippen LogP contribution in [-0.2, 0) is 17.8 Å². The summed E-state index contributed by atoms with van der Waals surface area (Å²) in [4.78, 5) is 19.0. The Morgan fingerprint density at radius 3 is 2.31 bits per heavy atom. The van der Waals surface area contributed by atoms with Crippen molar-refractivity contribution in [3.63, 3.8) is 0 Å². The maximum Gasteiger partial charge on any atom is 0.239 e. The van der Waals surface area contributed by atoms with Crippen molar-refractivity contribution < 1.29 is 4.79 Å². The number of likely N-dealkylation sites (tertiary alicyclic amines) is 1. The number of nitrogens with one attached hydrogen (secondary N) is 3. The number of aliphatic imine (C=N–C) groups is 1. The standard InChI is InChI=1S/C25H35N5O.HI/c1-20-17-23(14-16-30(20)19-22-11-7-4-8-12-22)29-25(26-2)28-18-24(31)27-15-13-21-9-5-3-6-10-21;/h3-12,20,23H,13-19H2,1-2H3,(H,27,31)(H2,26,28,29);1H. The number of amides is 1. The molecular weight excluding hydrogens is 513 g/mol. The molecule has 2 unspecified atom stereocenters. The molecule has 0 saturated carbocycles. The molecule has 1 aliphatic rings. The predicted molar refractivity (Wildman–Crippen MR) is 142 cm³/mol. The van der Waals surface area contributed by atoms with E-state index in [-0.39, 0.29) is 36.4 Å². The van der Waals surface area contributed by atoms with Gasteiger partial charge in [0, 0.05) is 38.8 Å². The van der Waals surface area contributed by atoms with Crippen LogP contribution in [0.15, 0.2) is 65.7 Å². The van der Waals surface area contributed by atoms with E-state index in [0.717, 1.165) is 32.4 Å². The highest BCUT2D eigenvalue weighted by Gasteiger charge is 2.26. The molecule has 1 saturated heterocycles. The first kappa shape index (κ1) is 26.1. The SMILES string of the molecule is CN=C(NCC(=O)NCCc1ccccc1)NC1CCN(Cc2ccccc2)C(C)C1.I. The molecule has 1 heterocycles. The number of rotatable bonds is 8. The maximum absolute atomic E-state index is 12.2. The molecule has 2 aromatic rings. The minimum Gasteiger partial charge on any atom is -0.354 e. The number of guanidine groups is 1. The van der Waals surface area contributed by atoms with Gasteiger partial charge in [-0.15, -0.1) is 24.0 Å². The van der Waals surface area contributed by atoms with Gasteiger partial charge >= 0.3 is 0 Å². The zero-order valence-corrected chi connectivity index (χ0v) is 21.4. The molecule has 3 rings (SSSR count). The Morgan fingerprint density at radius 1 is 1.03 bits per heavy atom. The van der Waals surface area contributed by atoms with Gasteiger partial charge in [-0.1, -0.05) is 60.7 Å². The van der Waals surface area contributed by atoms with E-state index in [1.807, 2.05) is 18.2 Å². The topological polar surface area (TPSA) is 68.8 Å². The van der Waals surface area contributed by atoms with Gasteiger partial charge in [-0.3, -0.25) is 14.7 Å². The second kappa shape index (κ2) is 14.1. The summed E-state index contributed by atoms with van der Waals surface area (Å²) in [6.07, 6.45) is 2.94. The van der Waals surface area contributed by atoms with Gasteiger partial charge in [0.25, 0.3) is 0 Å². The lowest BCUT2D eigenvalue weighted by Gasteiger charge is -2.38. The largest absolute Gasteiger partial charge is 0.354 e. The minimum atomic E-state index is -0.0232. The molecule has 2 aromatic carbocycles. The van der Waals surface area contributed by atoms with Crippen LogP contribution in [0.5, 0.6) is 0 Å². The summed E-state index contributed by atoms with van der Waals surface area (Å²) in [5.74, 6) is 0.664. The van der Waals surface area contributed by atoms with E-state index in [4.69, 9.17) is 0 Å². The normalized spacial score (nSPS) is 19.0. The molecule has 0 spiro atoms. The van der Waals surface area contributed by atoms with Crippen LogP contribution in [0.1, 0.15) is 30.9 Å². The number of piperidine rings is 1. The molecule has 1 aliphatic heterocycles. The summed E-state index contributed by atoms with van der Waals surface area (Å²) in [6, 6.07) is 21.7. The zero-order chi connectivity index (χ0) is 21.9. The second-order valence-electron chi connectivity index (χ2n) is 8.18. The van der Waals surface area contributed by atoms with Crippen molar-refractivity contribution in [2.24, 2.45) is 4.99 Å². The van der Waals surface area contributed by atoms with Gasteiger partial charge in [0.2, 0.25) is 5.91 Å². The number of hydrogen-bond donors (Lipinski definition) is 3. The Kier molecular flexibility index (Phi) is 11.5. The summed E-state index contributed by atoms with van der Waals surface area (Å²) >= 11 is 0. The highest BCUT2D eigenvalue weighted by atomic mass is 127. The van der Waals surface area contributed by atoms with Gasteiger partial charge in [-0.05, 0) is 37.3 Å². The lowest BCUT2D eigenvalue weighted by molar-refractivity contribution is -0.119. The predicted octanol–water partition coefficient (Wildman–Crippen LogP) is 3.18. The molecule has 0 radical (unpaired) electrons. The van der Waals surface area contributed by atoms with Crippen molar-refractivity contribution in [2.45, 2.75) is 44.8 Å². The first-order valence-electron chi connectivity index (χ1n) is 11.2. The smallest absolute Gasteiger partial charge is 0.239 e. The summed E-state index contributed by atoms with van der Waals surface area (Å²) in [5, 5.41) is 9.59. The van der Waals surface area contributed by atoms with Crippen LogP contribution in [0.2, 0.25) is 0 Å². The quantitative estimate of drug-likeness (QED) is 0.269. The van der Waals surface area contributed by atoms with Gasteiger partial charge in [-0.25, -0.2) is 0 Å². The maximum atomic E-state index is 12.2. The van der Waals surface area contributed by atoms with Crippen molar-refractivity contribution >= 4 is 35.8 Å². The van der Waals surface area contributed by atoms with E-state index < -0.39 is 0 Å². The molecule has 3 N–H and O–H groups in total. The van der Waals surface area contributed by atoms with Crippen LogP contribution < -0.4 is 16.0 Å². The first-order valence-corrected chi connectivity index (χ1v) is 11.2. The minimum absolute atomic E-state index is 0. The van der Waals surface area contributed by atoms with Crippen molar-refractivity contribution in [3.8, 4) is 0 Å². The first-order chi connectivity index (χ1) is 15.1. The third-order valence-electron chi connectivity index (χ3n) is 5.80. The third-order valence-corrected chi connectivity index (χ3v) is 5.80.